The normalized spacial score (nSPS) is 14.6. The first-order chi connectivity index (χ1) is 16.0. The average Bonchev–Trinajstić information content (AvgIpc) is 3.24. The van der Waals surface area contributed by atoms with Crippen LogP contribution in [-0.4, -0.2) is 45.1 Å². The molecule has 2 aromatic carbocycles. The largest absolute Gasteiger partial charge is 0.459 e. The maximum atomic E-state index is 13.6. The fourth-order valence-corrected chi connectivity index (χ4v) is 4.38. The highest BCUT2D eigenvalue weighted by Crippen LogP contribution is 2.32. The Balaban J connectivity index is 1.33. The van der Waals surface area contributed by atoms with Crippen LogP contribution in [0.3, 0.4) is 0 Å². The van der Waals surface area contributed by atoms with E-state index in [1.54, 1.807) is 23.9 Å². The van der Waals surface area contributed by atoms with Crippen molar-refractivity contribution in [2.24, 2.45) is 7.05 Å². The number of halogens is 1. The molecule has 7 nitrogen and oxygen atoms in total. The Morgan fingerprint density at radius 3 is 2.52 bits per heavy atom. The van der Waals surface area contributed by atoms with Crippen molar-refractivity contribution in [2.75, 3.05) is 18.0 Å². The molecule has 0 radical (unpaired) electrons. The molecular weight excluding hydrogens is 421 g/mol. The first kappa shape index (κ1) is 21.1. The summed E-state index contributed by atoms with van der Waals surface area (Å²) in [5.74, 6) is -0.0966. The van der Waals surface area contributed by atoms with Crippen LogP contribution in [0.2, 0.25) is 0 Å². The van der Waals surface area contributed by atoms with E-state index >= 15 is 0 Å². The van der Waals surface area contributed by atoms with Crippen LogP contribution in [0.4, 0.5) is 10.2 Å². The topological polar surface area (TPSA) is 73.1 Å². The molecule has 0 unspecified atom stereocenters. The second-order valence-electron chi connectivity index (χ2n) is 8.37. The number of piperidine rings is 1. The number of benzene rings is 2. The molecule has 0 spiro atoms. The van der Waals surface area contributed by atoms with E-state index in [0.29, 0.717) is 31.5 Å². The van der Waals surface area contributed by atoms with Crippen LogP contribution in [0.1, 0.15) is 28.8 Å². The number of carbonyl (C=O) groups excluding carboxylic acids is 1. The number of carbonyl (C=O) groups is 1. The Morgan fingerprint density at radius 1 is 1.06 bits per heavy atom. The Hall–Kier alpha value is -3.81. The molecule has 1 fully saturated rings. The van der Waals surface area contributed by atoms with E-state index in [-0.39, 0.29) is 11.7 Å². The van der Waals surface area contributed by atoms with Gasteiger partial charge in [0.2, 0.25) is 0 Å². The monoisotopic (exact) mass is 445 g/mol. The minimum absolute atomic E-state index is 0.217. The van der Waals surface area contributed by atoms with Gasteiger partial charge in [-0.25, -0.2) is 9.18 Å². The van der Waals surface area contributed by atoms with E-state index in [1.165, 1.54) is 12.1 Å². The van der Waals surface area contributed by atoms with Crippen molar-refractivity contribution in [2.45, 2.75) is 25.9 Å². The Kier molecular flexibility index (Phi) is 5.50. The number of aryl methyl sites for hydroxylation is 2. The molecule has 4 aromatic rings. The van der Waals surface area contributed by atoms with E-state index in [2.05, 4.69) is 26.3 Å². The Morgan fingerprint density at radius 2 is 1.82 bits per heavy atom. The lowest BCUT2D eigenvalue weighted by Crippen LogP contribution is -2.38. The summed E-state index contributed by atoms with van der Waals surface area (Å²) < 4.78 is 21.1. The fraction of sp³-hybridized carbons (Fsp3) is 0.280. The zero-order valence-corrected chi connectivity index (χ0v) is 18.5. The highest BCUT2D eigenvalue weighted by molar-refractivity contribution is 5.99. The summed E-state index contributed by atoms with van der Waals surface area (Å²) in [5, 5.41) is 15.4. The van der Waals surface area contributed by atoms with Crippen molar-refractivity contribution in [3.8, 4) is 11.4 Å². The summed E-state index contributed by atoms with van der Waals surface area (Å²) in [6.45, 7) is 3.12. The number of esters is 1. The predicted molar refractivity (Wildman–Crippen MR) is 124 cm³/mol. The molecule has 0 N–H and O–H groups in total. The molecule has 1 aliphatic heterocycles. The SMILES string of the molecule is Cc1cc(F)cc(C(=O)OC2CCN(c3nnc(-c4ccnn4C)c4ccccc34)CC2)c1. The van der Waals surface area contributed by atoms with Gasteiger partial charge in [0, 0.05) is 49.9 Å². The van der Waals surface area contributed by atoms with E-state index in [0.717, 1.165) is 28.0 Å². The van der Waals surface area contributed by atoms with Crippen molar-refractivity contribution in [1.29, 1.82) is 0 Å². The van der Waals surface area contributed by atoms with Gasteiger partial charge in [-0.2, -0.15) is 5.10 Å². The molecular formula is C25H24FN5O2. The summed E-state index contributed by atoms with van der Waals surface area (Å²) >= 11 is 0. The number of anilines is 1. The standard InChI is InChI=1S/C25H24FN5O2/c1-16-13-17(15-18(26)14-16)25(32)33-19-8-11-31(12-9-19)24-21-6-4-3-5-20(21)23(28-29-24)22-7-10-27-30(22)2/h3-7,10,13-15,19H,8-9,11-12H2,1-2H3. The van der Waals surface area contributed by atoms with Crippen LogP contribution in [0.5, 0.6) is 0 Å². The summed E-state index contributed by atoms with van der Waals surface area (Å²) in [7, 11) is 1.89. The predicted octanol–water partition coefficient (Wildman–Crippen LogP) is 4.30. The average molecular weight is 445 g/mol. The molecule has 5 rings (SSSR count). The first-order valence-corrected chi connectivity index (χ1v) is 11.0. The Labute approximate surface area is 190 Å². The van der Waals surface area contributed by atoms with Crippen molar-refractivity contribution >= 4 is 22.6 Å². The van der Waals surface area contributed by atoms with Crippen LogP contribution < -0.4 is 4.90 Å². The second-order valence-corrected chi connectivity index (χ2v) is 8.37. The highest BCUT2D eigenvalue weighted by Gasteiger charge is 2.26. The number of rotatable bonds is 4. The van der Waals surface area contributed by atoms with Gasteiger partial charge in [-0.1, -0.05) is 24.3 Å². The minimum atomic E-state index is -0.484. The van der Waals surface area contributed by atoms with E-state index in [9.17, 15) is 9.18 Å². The third-order valence-corrected chi connectivity index (χ3v) is 6.02. The van der Waals surface area contributed by atoms with E-state index < -0.39 is 11.8 Å². The van der Waals surface area contributed by atoms with Crippen LogP contribution >= 0.6 is 0 Å². The first-order valence-electron chi connectivity index (χ1n) is 11.0. The quantitative estimate of drug-likeness (QED) is 0.436. The van der Waals surface area contributed by atoms with Gasteiger partial charge >= 0.3 is 5.97 Å². The van der Waals surface area contributed by atoms with Crippen LogP contribution in [0.15, 0.2) is 54.7 Å². The summed E-state index contributed by atoms with van der Waals surface area (Å²) in [4.78, 5) is 14.7. The molecule has 0 saturated carbocycles. The molecule has 0 amide bonds. The van der Waals surface area contributed by atoms with Crippen molar-refractivity contribution < 1.29 is 13.9 Å². The lowest BCUT2D eigenvalue weighted by Gasteiger charge is -2.32. The number of fused-ring (bicyclic) bond motifs is 1. The van der Waals surface area contributed by atoms with Crippen LogP contribution in [0, 0.1) is 12.7 Å². The zero-order valence-electron chi connectivity index (χ0n) is 18.5. The maximum absolute atomic E-state index is 13.6. The molecule has 1 saturated heterocycles. The third-order valence-electron chi connectivity index (χ3n) is 6.02. The number of hydrogen-bond acceptors (Lipinski definition) is 6. The minimum Gasteiger partial charge on any atom is -0.459 e. The van der Waals surface area contributed by atoms with Gasteiger partial charge in [0.25, 0.3) is 0 Å². The zero-order chi connectivity index (χ0) is 22.9. The Bertz CT molecular complexity index is 1310. The van der Waals surface area contributed by atoms with Crippen molar-refractivity contribution in [3.63, 3.8) is 0 Å². The lowest BCUT2D eigenvalue weighted by atomic mass is 10.0. The van der Waals surface area contributed by atoms with Gasteiger partial charge in [-0.05, 0) is 36.8 Å². The highest BCUT2D eigenvalue weighted by atomic mass is 19.1. The molecule has 1 aliphatic rings. The van der Waals surface area contributed by atoms with Gasteiger partial charge in [0.05, 0.1) is 11.3 Å². The molecule has 0 atom stereocenters. The van der Waals surface area contributed by atoms with Gasteiger partial charge in [-0.3, -0.25) is 4.68 Å². The van der Waals surface area contributed by atoms with Gasteiger partial charge in [0.15, 0.2) is 5.82 Å². The fourth-order valence-electron chi connectivity index (χ4n) is 4.38. The molecule has 0 bridgehead atoms. The van der Waals surface area contributed by atoms with Gasteiger partial charge < -0.3 is 9.64 Å². The molecule has 8 heteroatoms. The number of ether oxygens (including phenoxy) is 1. The maximum Gasteiger partial charge on any atom is 0.338 e. The van der Waals surface area contributed by atoms with E-state index in [1.807, 2.05) is 31.3 Å². The number of aromatic nitrogens is 4. The summed E-state index contributed by atoms with van der Waals surface area (Å²) in [6.07, 6.45) is 2.86. The summed E-state index contributed by atoms with van der Waals surface area (Å²) in [6, 6.07) is 14.3. The van der Waals surface area contributed by atoms with Gasteiger partial charge in [-0.15, -0.1) is 10.2 Å². The van der Waals surface area contributed by atoms with E-state index in [4.69, 9.17) is 4.74 Å². The molecule has 168 valence electrons. The molecule has 2 aromatic heterocycles. The second kappa shape index (κ2) is 8.61. The molecule has 33 heavy (non-hydrogen) atoms. The van der Waals surface area contributed by atoms with Crippen molar-refractivity contribution in [1.82, 2.24) is 20.0 Å². The number of nitrogens with zero attached hydrogens (tertiary/aromatic N) is 5. The smallest absolute Gasteiger partial charge is 0.338 e. The van der Waals surface area contributed by atoms with Crippen LogP contribution in [-0.2, 0) is 11.8 Å². The number of hydrogen-bond donors (Lipinski definition) is 0. The van der Waals surface area contributed by atoms with Gasteiger partial charge in [0.1, 0.15) is 17.6 Å². The summed E-state index contributed by atoms with van der Waals surface area (Å²) in [5.41, 5.74) is 2.64. The van der Waals surface area contributed by atoms with Crippen molar-refractivity contribution in [3.05, 3.63) is 71.7 Å². The van der Waals surface area contributed by atoms with Crippen LogP contribution in [0.25, 0.3) is 22.2 Å². The third kappa shape index (κ3) is 4.16. The molecule has 0 aliphatic carbocycles. The molecule has 3 heterocycles. The lowest BCUT2D eigenvalue weighted by molar-refractivity contribution is 0.0244.